The summed E-state index contributed by atoms with van der Waals surface area (Å²) in [6.07, 6.45) is 3.62. The van der Waals surface area contributed by atoms with Crippen molar-refractivity contribution >= 4 is 17.0 Å². The van der Waals surface area contributed by atoms with Crippen molar-refractivity contribution in [2.45, 2.75) is 32.2 Å². The van der Waals surface area contributed by atoms with Crippen LogP contribution in [0, 0.1) is 5.92 Å². The van der Waals surface area contributed by atoms with Crippen molar-refractivity contribution in [2.75, 3.05) is 18.0 Å². The van der Waals surface area contributed by atoms with Gasteiger partial charge in [0.15, 0.2) is 0 Å². The standard InChI is InChI=1S/C15H21N5/c1-2-20(14-9-5-6-11(14)10-16)15-17-12-7-3-4-8-13(12)18-19-15/h3-4,7-8,11,14H,2,5-6,9-10,16H2,1H3. The fourth-order valence-electron chi connectivity index (χ4n) is 3.22. The van der Waals surface area contributed by atoms with Crippen LogP contribution in [0.3, 0.4) is 0 Å². The van der Waals surface area contributed by atoms with Gasteiger partial charge in [0.2, 0.25) is 5.95 Å². The molecule has 5 heteroatoms. The van der Waals surface area contributed by atoms with E-state index in [0.717, 1.165) is 30.1 Å². The Bertz CT molecular complexity index is 585. The molecule has 2 N–H and O–H groups in total. The maximum atomic E-state index is 5.90. The van der Waals surface area contributed by atoms with Crippen LogP contribution in [0.25, 0.3) is 11.0 Å². The van der Waals surface area contributed by atoms with Crippen LogP contribution in [-0.2, 0) is 0 Å². The van der Waals surface area contributed by atoms with Crippen molar-refractivity contribution in [1.29, 1.82) is 0 Å². The molecule has 20 heavy (non-hydrogen) atoms. The zero-order valence-electron chi connectivity index (χ0n) is 11.9. The average molecular weight is 271 g/mol. The van der Waals surface area contributed by atoms with Crippen LogP contribution >= 0.6 is 0 Å². The predicted octanol–water partition coefficient (Wildman–Crippen LogP) is 1.98. The highest BCUT2D eigenvalue weighted by Gasteiger charge is 2.32. The van der Waals surface area contributed by atoms with Gasteiger partial charge in [0.25, 0.3) is 0 Å². The van der Waals surface area contributed by atoms with Gasteiger partial charge in [-0.3, -0.25) is 0 Å². The van der Waals surface area contributed by atoms with E-state index in [1.807, 2.05) is 24.3 Å². The van der Waals surface area contributed by atoms with Crippen molar-refractivity contribution in [3.05, 3.63) is 24.3 Å². The zero-order chi connectivity index (χ0) is 13.9. The van der Waals surface area contributed by atoms with Gasteiger partial charge >= 0.3 is 0 Å². The number of nitrogens with zero attached hydrogens (tertiary/aromatic N) is 4. The van der Waals surface area contributed by atoms with E-state index in [2.05, 4.69) is 27.0 Å². The van der Waals surface area contributed by atoms with E-state index in [9.17, 15) is 0 Å². The molecule has 2 atom stereocenters. The van der Waals surface area contributed by atoms with E-state index < -0.39 is 0 Å². The molecule has 1 aliphatic carbocycles. The predicted molar refractivity (Wildman–Crippen MR) is 80.5 cm³/mol. The highest BCUT2D eigenvalue weighted by atomic mass is 15.3. The number of hydrogen-bond acceptors (Lipinski definition) is 5. The summed E-state index contributed by atoms with van der Waals surface area (Å²) in [4.78, 5) is 6.94. The third-order valence-electron chi connectivity index (χ3n) is 4.27. The van der Waals surface area contributed by atoms with E-state index in [4.69, 9.17) is 5.73 Å². The quantitative estimate of drug-likeness (QED) is 0.921. The monoisotopic (exact) mass is 271 g/mol. The Kier molecular flexibility index (Phi) is 3.78. The fourth-order valence-corrected chi connectivity index (χ4v) is 3.22. The van der Waals surface area contributed by atoms with E-state index >= 15 is 0 Å². The lowest BCUT2D eigenvalue weighted by Gasteiger charge is -2.31. The van der Waals surface area contributed by atoms with Crippen molar-refractivity contribution in [3.63, 3.8) is 0 Å². The second-order valence-corrected chi connectivity index (χ2v) is 5.38. The first-order chi connectivity index (χ1) is 9.83. The lowest BCUT2D eigenvalue weighted by molar-refractivity contribution is 0.456. The third kappa shape index (κ3) is 2.33. The van der Waals surface area contributed by atoms with Crippen LogP contribution in [0.5, 0.6) is 0 Å². The molecule has 0 aliphatic heterocycles. The molecular formula is C15H21N5. The maximum absolute atomic E-state index is 5.90. The van der Waals surface area contributed by atoms with Gasteiger partial charge in [-0.15, -0.1) is 10.2 Å². The van der Waals surface area contributed by atoms with Crippen molar-refractivity contribution in [1.82, 2.24) is 15.2 Å². The van der Waals surface area contributed by atoms with Crippen LogP contribution in [-0.4, -0.2) is 34.3 Å². The molecule has 1 aromatic heterocycles. The molecule has 0 bridgehead atoms. The molecule has 1 aromatic carbocycles. The van der Waals surface area contributed by atoms with Crippen LogP contribution in [0.1, 0.15) is 26.2 Å². The van der Waals surface area contributed by atoms with Crippen molar-refractivity contribution in [3.8, 4) is 0 Å². The van der Waals surface area contributed by atoms with Gasteiger partial charge in [-0.1, -0.05) is 18.6 Å². The Balaban J connectivity index is 1.94. The summed E-state index contributed by atoms with van der Waals surface area (Å²) in [5.41, 5.74) is 7.65. The zero-order valence-corrected chi connectivity index (χ0v) is 11.9. The highest BCUT2D eigenvalue weighted by Crippen LogP contribution is 2.31. The van der Waals surface area contributed by atoms with Gasteiger partial charge in [-0.05, 0) is 44.4 Å². The molecule has 5 nitrogen and oxygen atoms in total. The molecule has 0 radical (unpaired) electrons. The second kappa shape index (κ2) is 5.71. The number of rotatable bonds is 4. The van der Waals surface area contributed by atoms with E-state index in [1.54, 1.807) is 0 Å². The number of hydrogen-bond donors (Lipinski definition) is 1. The molecule has 1 aliphatic rings. The summed E-state index contributed by atoms with van der Waals surface area (Å²) in [5, 5.41) is 8.60. The van der Waals surface area contributed by atoms with Gasteiger partial charge in [-0.2, -0.15) is 0 Å². The molecule has 3 rings (SSSR count). The van der Waals surface area contributed by atoms with Crippen LogP contribution < -0.4 is 10.6 Å². The SMILES string of the molecule is CCN(c1nnc2ccccc2n1)C1CCCC1CN. The summed E-state index contributed by atoms with van der Waals surface area (Å²) in [7, 11) is 0. The van der Waals surface area contributed by atoms with Gasteiger partial charge in [0.1, 0.15) is 5.52 Å². The minimum atomic E-state index is 0.452. The molecule has 106 valence electrons. The van der Waals surface area contributed by atoms with Crippen LogP contribution in [0.4, 0.5) is 5.95 Å². The molecule has 2 unspecified atom stereocenters. The minimum Gasteiger partial charge on any atom is -0.336 e. The van der Waals surface area contributed by atoms with Crippen LogP contribution in [0.15, 0.2) is 24.3 Å². The van der Waals surface area contributed by atoms with E-state index in [-0.39, 0.29) is 0 Å². The Morgan fingerprint density at radius 3 is 2.75 bits per heavy atom. The Hall–Kier alpha value is -1.75. The summed E-state index contributed by atoms with van der Waals surface area (Å²) in [6.45, 7) is 3.77. The first kappa shape index (κ1) is 13.2. The Morgan fingerprint density at radius 1 is 1.20 bits per heavy atom. The number of fused-ring (bicyclic) bond motifs is 1. The van der Waals surface area contributed by atoms with E-state index in [1.165, 1.54) is 19.3 Å². The normalized spacial score (nSPS) is 22.3. The van der Waals surface area contributed by atoms with E-state index in [0.29, 0.717) is 12.0 Å². The van der Waals surface area contributed by atoms with Crippen LogP contribution in [0.2, 0.25) is 0 Å². The maximum Gasteiger partial charge on any atom is 0.246 e. The lowest BCUT2D eigenvalue weighted by atomic mass is 10.0. The average Bonchev–Trinajstić information content (AvgIpc) is 2.96. The summed E-state index contributed by atoms with van der Waals surface area (Å²) in [5.74, 6) is 1.28. The Labute approximate surface area is 119 Å². The first-order valence-corrected chi connectivity index (χ1v) is 7.39. The number of aromatic nitrogens is 3. The number of benzene rings is 1. The molecule has 0 amide bonds. The smallest absolute Gasteiger partial charge is 0.246 e. The molecule has 0 saturated heterocycles. The summed E-state index contributed by atoms with van der Waals surface area (Å²) < 4.78 is 0. The summed E-state index contributed by atoms with van der Waals surface area (Å²) >= 11 is 0. The molecule has 1 saturated carbocycles. The largest absolute Gasteiger partial charge is 0.336 e. The highest BCUT2D eigenvalue weighted by molar-refractivity contribution is 5.74. The minimum absolute atomic E-state index is 0.452. The van der Waals surface area contributed by atoms with Gasteiger partial charge in [0.05, 0.1) is 5.52 Å². The number of anilines is 1. The topological polar surface area (TPSA) is 67.9 Å². The van der Waals surface area contributed by atoms with Gasteiger partial charge in [0, 0.05) is 12.6 Å². The second-order valence-electron chi connectivity index (χ2n) is 5.38. The molecular weight excluding hydrogens is 250 g/mol. The Morgan fingerprint density at radius 2 is 2.00 bits per heavy atom. The van der Waals surface area contributed by atoms with Crippen molar-refractivity contribution < 1.29 is 0 Å². The van der Waals surface area contributed by atoms with Gasteiger partial charge in [-0.25, -0.2) is 4.98 Å². The first-order valence-electron chi connectivity index (χ1n) is 7.39. The molecule has 0 spiro atoms. The molecule has 2 aromatic rings. The molecule has 1 fully saturated rings. The molecule has 1 heterocycles. The third-order valence-corrected chi connectivity index (χ3v) is 4.27. The number of nitrogens with two attached hydrogens (primary N) is 1. The summed E-state index contributed by atoms with van der Waals surface area (Å²) in [6, 6.07) is 8.31. The van der Waals surface area contributed by atoms with Crippen molar-refractivity contribution in [2.24, 2.45) is 11.7 Å². The fraction of sp³-hybridized carbons (Fsp3) is 0.533. The lowest BCUT2D eigenvalue weighted by Crippen LogP contribution is -2.41. The van der Waals surface area contributed by atoms with Gasteiger partial charge < -0.3 is 10.6 Å². The number of para-hydroxylation sites is 1.